The van der Waals surface area contributed by atoms with Gasteiger partial charge in [0.2, 0.25) is 0 Å². The lowest BCUT2D eigenvalue weighted by Crippen LogP contribution is -2.18. The van der Waals surface area contributed by atoms with E-state index in [0.29, 0.717) is 11.5 Å². The van der Waals surface area contributed by atoms with Crippen molar-refractivity contribution in [3.63, 3.8) is 0 Å². The first-order valence-corrected chi connectivity index (χ1v) is 8.59. The molecular weight excluding hydrogens is 340 g/mol. The fourth-order valence-electron chi connectivity index (χ4n) is 2.42. The van der Waals surface area contributed by atoms with Crippen molar-refractivity contribution in [2.45, 2.75) is 13.0 Å². The molecule has 1 atom stereocenters. The summed E-state index contributed by atoms with van der Waals surface area (Å²) in [5.41, 5.74) is 1.30. The maximum absolute atomic E-state index is 12.4. The average Bonchev–Trinajstić information content (AvgIpc) is 3.32. The molecule has 1 aliphatic rings. The minimum atomic E-state index is -0.646. The lowest BCUT2D eigenvalue weighted by Gasteiger charge is -2.18. The van der Waals surface area contributed by atoms with Crippen LogP contribution in [0.2, 0.25) is 0 Å². The van der Waals surface area contributed by atoms with Gasteiger partial charge in [0.1, 0.15) is 12.4 Å². The second kappa shape index (κ2) is 6.52. The van der Waals surface area contributed by atoms with E-state index < -0.39 is 12.1 Å². The molecule has 0 amide bonds. The van der Waals surface area contributed by atoms with E-state index in [4.69, 9.17) is 13.9 Å². The van der Waals surface area contributed by atoms with Gasteiger partial charge in [0.25, 0.3) is 11.8 Å². The largest absolute Gasteiger partial charge is 0.488 e. The van der Waals surface area contributed by atoms with Crippen molar-refractivity contribution in [2.75, 3.05) is 6.61 Å². The predicted molar refractivity (Wildman–Crippen MR) is 92.0 cm³/mol. The molecule has 0 bridgehead atoms. The summed E-state index contributed by atoms with van der Waals surface area (Å²) in [7, 11) is 0. The Morgan fingerprint density at radius 1 is 1.24 bits per heavy atom. The van der Waals surface area contributed by atoms with Crippen LogP contribution in [0.4, 0.5) is 0 Å². The number of carbonyl (C=O) groups is 1. The highest BCUT2D eigenvalue weighted by molar-refractivity contribution is 7.13. The number of benzene rings is 1. The molecule has 3 heterocycles. The zero-order chi connectivity index (χ0) is 17.2. The van der Waals surface area contributed by atoms with E-state index in [9.17, 15) is 4.79 Å². The van der Waals surface area contributed by atoms with Gasteiger partial charge < -0.3 is 13.9 Å². The van der Waals surface area contributed by atoms with Crippen LogP contribution in [-0.2, 0) is 9.53 Å². The first-order valence-electron chi connectivity index (χ1n) is 7.71. The molecular formula is C18H14N2O4S. The highest BCUT2D eigenvalue weighted by Crippen LogP contribution is 2.28. The maximum Gasteiger partial charge on any atom is 0.338 e. The Kier molecular flexibility index (Phi) is 4.07. The number of para-hydroxylation sites is 1. The molecule has 0 fully saturated rings. The number of rotatable bonds is 4. The Bertz CT molecular complexity index is 930. The smallest absolute Gasteiger partial charge is 0.338 e. The van der Waals surface area contributed by atoms with Crippen molar-refractivity contribution in [2.24, 2.45) is 0 Å². The first kappa shape index (κ1) is 15.6. The monoisotopic (exact) mass is 354 g/mol. The topological polar surface area (TPSA) is 74.5 Å². The number of aromatic nitrogens is 2. The molecule has 25 heavy (non-hydrogen) atoms. The van der Waals surface area contributed by atoms with Crippen LogP contribution in [0, 0.1) is 0 Å². The van der Waals surface area contributed by atoms with Gasteiger partial charge in [0.15, 0.2) is 6.10 Å². The average molecular weight is 354 g/mol. The molecule has 4 rings (SSSR count). The van der Waals surface area contributed by atoms with E-state index in [2.05, 4.69) is 10.2 Å². The zero-order valence-corrected chi connectivity index (χ0v) is 14.2. The van der Waals surface area contributed by atoms with Gasteiger partial charge in [-0.2, -0.15) is 0 Å². The minimum absolute atomic E-state index is 0.173. The van der Waals surface area contributed by atoms with Gasteiger partial charge >= 0.3 is 5.97 Å². The summed E-state index contributed by atoms with van der Waals surface area (Å²) < 4.78 is 16.6. The van der Waals surface area contributed by atoms with Crippen LogP contribution >= 0.6 is 11.3 Å². The van der Waals surface area contributed by atoms with Gasteiger partial charge in [-0.1, -0.05) is 24.3 Å². The van der Waals surface area contributed by atoms with Gasteiger partial charge in [-0.3, -0.25) is 0 Å². The van der Waals surface area contributed by atoms with Crippen molar-refractivity contribution in [1.82, 2.24) is 10.2 Å². The van der Waals surface area contributed by atoms with E-state index in [0.717, 1.165) is 16.2 Å². The highest BCUT2D eigenvalue weighted by atomic mass is 32.1. The standard InChI is InChI=1S/C18H14N2O4S/c1-11(16-19-20-17(24-16)15-7-4-8-25-15)23-18(21)13-9-12-5-2-3-6-14(12)22-10-13/h2-9,11H,10H2,1H3. The second-order valence-corrected chi connectivity index (χ2v) is 6.41. The number of thiophene rings is 1. The molecule has 0 saturated heterocycles. The summed E-state index contributed by atoms with van der Waals surface area (Å²) >= 11 is 1.50. The van der Waals surface area contributed by atoms with Crippen LogP contribution in [0.3, 0.4) is 0 Å². The van der Waals surface area contributed by atoms with E-state index in [1.807, 2.05) is 41.8 Å². The molecule has 2 aromatic heterocycles. The van der Waals surface area contributed by atoms with Crippen LogP contribution in [-0.4, -0.2) is 22.8 Å². The lowest BCUT2D eigenvalue weighted by molar-refractivity contribution is -0.145. The number of fused-ring (bicyclic) bond motifs is 1. The summed E-state index contributed by atoms with van der Waals surface area (Å²) in [4.78, 5) is 13.2. The summed E-state index contributed by atoms with van der Waals surface area (Å²) in [6, 6.07) is 11.3. The van der Waals surface area contributed by atoms with Crippen molar-refractivity contribution in [3.05, 3.63) is 58.8 Å². The summed E-state index contributed by atoms with van der Waals surface area (Å²) in [5, 5.41) is 9.89. The van der Waals surface area contributed by atoms with Crippen LogP contribution in [0.25, 0.3) is 16.8 Å². The number of nitrogens with zero attached hydrogens (tertiary/aromatic N) is 2. The van der Waals surface area contributed by atoms with E-state index in [1.165, 1.54) is 11.3 Å². The number of hydrogen-bond acceptors (Lipinski definition) is 7. The van der Waals surface area contributed by atoms with Crippen molar-refractivity contribution < 1.29 is 18.7 Å². The van der Waals surface area contributed by atoms with Crippen LogP contribution in [0.15, 0.2) is 51.8 Å². The van der Waals surface area contributed by atoms with Crippen molar-refractivity contribution in [3.8, 4) is 16.5 Å². The first-order chi connectivity index (χ1) is 12.2. The normalized spacial score (nSPS) is 14.2. The van der Waals surface area contributed by atoms with E-state index >= 15 is 0 Å². The Hall–Kier alpha value is -2.93. The third-order valence-corrected chi connectivity index (χ3v) is 4.56. The number of ether oxygens (including phenoxy) is 2. The maximum atomic E-state index is 12.4. The fraction of sp³-hybridized carbons (Fsp3) is 0.167. The Morgan fingerprint density at radius 2 is 2.12 bits per heavy atom. The molecule has 1 aliphatic heterocycles. The second-order valence-electron chi connectivity index (χ2n) is 5.47. The molecule has 0 N–H and O–H groups in total. The van der Waals surface area contributed by atoms with Crippen LogP contribution in [0.5, 0.6) is 5.75 Å². The van der Waals surface area contributed by atoms with E-state index in [-0.39, 0.29) is 12.5 Å². The summed E-state index contributed by atoms with van der Waals surface area (Å²) in [6.07, 6.45) is 1.13. The van der Waals surface area contributed by atoms with Crippen molar-refractivity contribution in [1.29, 1.82) is 0 Å². The summed E-state index contributed by atoms with van der Waals surface area (Å²) in [5.74, 6) is 0.971. The van der Waals surface area contributed by atoms with Crippen LogP contribution in [0.1, 0.15) is 24.5 Å². The molecule has 7 heteroatoms. The Balaban J connectivity index is 1.47. The predicted octanol–water partition coefficient (Wildman–Crippen LogP) is 3.88. The molecule has 1 aromatic carbocycles. The van der Waals surface area contributed by atoms with Gasteiger partial charge in [-0.05, 0) is 30.5 Å². The number of esters is 1. The molecule has 0 aliphatic carbocycles. The SMILES string of the molecule is CC(OC(=O)C1=Cc2ccccc2OC1)c1nnc(-c2cccs2)o1. The molecule has 126 valence electrons. The van der Waals surface area contributed by atoms with Gasteiger partial charge in [-0.25, -0.2) is 4.79 Å². The molecule has 0 radical (unpaired) electrons. The lowest BCUT2D eigenvalue weighted by atomic mass is 10.1. The van der Waals surface area contributed by atoms with Crippen LogP contribution < -0.4 is 4.74 Å². The third kappa shape index (κ3) is 3.18. The summed E-state index contributed by atoms with van der Waals surface area (Å²) in [6.45, 7) is 1.87. The van der Waals surface area contributed by atoms with Crippen molar-refractivity contribution >= 4 is 23.4 Å². The molecule has 1 unspecified atom stereocenters. The zero-order valence-electron chi connectivity index (χ0n) is 13.3. The molecule has 0 saturated carbocycles. The number of carbonyl (C=O) groups excluding carboxylic acids is 1. The number of hydrogen-bond donors (Lipinski definition) is 0. The van der Waals surface area contributed by atoms with Gasteiger partial charge in [-0.15, -0.1) is 21.5 Å². The fourth-order valence-corrected chi connectivity index (χ4v) is 3.06. The third-order valence-electron chi connectivity index (χ3n) is 3.70. The highest BCUT2D eigenvalue weighted by Gasteiger charge is 2.23. The molecule has 3 aromatic rings. The Labute approximate surface area is 147 Å². The van der Waals surface area contributed by atoms with Gasteiger partial charge in [0.05, 0.1) is 10.5 Å². The Morgan fingerprint density at radius 3 is 2.96 bits per heavy atom. The minimum Gasteiger partial charge on any atom is -0.488 e. The molecule has 0 spiro atoms. The molecule has 6 nitrogen and oxygen atoms in total. The quantitative estimate of drug-likeness (QED) is 0.662. The van der Waals surface area contributed by atoms with Gasteiger partial charge in [0, 0.05) is 5.56 Å². The van der Waals surface area contributed by atoms with E-state index in [1.54, 1.807) is 13.0 Å².